The third-order valence-electron chi connectivity index (χ3n) is 5.57. The summed E-state index contributed by atoms with van der Waals surface area (Å²) in [6.45, 7) is 2.70. The zero-order chi connectivity index (χ0) is 20.4. The lowest BCUT2D eigenvalue weighted by atomic mass is 10.0. The van der Waals surface area contributed by atoms with E-state index in [2.05, 4.69) is 22.0 Å². The average molecular weight is 392 g/mol. The van der Waals surface area contributed by atoms with Gasteiger partial charge in [-0.05, 0) is 24.1 Å². The van der Waals surface area contributed by atoms with Crippen LogP contribution in [0.1, 0.15) is 12.0 Å². The summed E-state index contributed by atoms with van der Waals surface area (Å²) in [4.78, 5) is 19.2. The summed E-state index contributed by atoms with van der Waals surface area (Å²) in [5.41, 5.74) is 1.30. The summed E-state index contributed by atoms with van der Waals surface area (Å²) in [7, 11) is 1.92. The van der Waals surface area contributed by atoms with Crippen LogP contribution in [0.5, 0.6) is 0 Å². The molecular weight excluding hydrogens is 368 g/mol. The van der Waals surface area contributed by atoms with E-state index in [0.717, 1.165) is 24.2 Å². The highest BCUT2D eigenvalue weighted by atomic mass is 16.6. The molecule has 1 aliphatic heterocycles. The fourth-order valence-corrected chi connectivity index (χ4v) is 4.22. The Morgan fingerprint density at radius 2 is 2.00 bits per heavy atom. The summed E-state index contributed by atoms with van der Waals surface area (Å²) in [5, 5.41) is 23.8. The molecule has 2 heterocycles. The van der Waals surface area contributed by atoms with Gasteiger partial charge in [0.1, 0.15) is 0 Å². The Kier molecular flexibility index (Phi) is 5.17. The van der Waals surface area contributed by atoms with Gasteiger partial charge in [0.15, 0.2) is 0 Å². The van der Waals surface area contributed by atoms with Crippen molar-refractivity contribution in [2.24, 2.45) is 0 Å². The summed E-state index contributed by atoms with van der Waals surface area (Å²) >= 11 is 0. The monoisotopic (exact) mass is 392 g/mol. The smallest absolute Gasteiger partial charge is 0.278 e. The van der Waals surface area contributed by atoms with Crippen LogP contribution in [-0.2, 0) is 6.54 Å². The fraction of sp³-hybridized carbons (Fsp3) is 0.318. The molecule has 1 unspecified atom stereocenters. The zero-order valence-corrected chi connectivity index (χ0v) is 16.4. The predicted molar refractivity (Wildman–Crippen MR) is 113 cm³/mol. The lowest BCUT2D eigenvalue weighted by Gasteiger charge is -2.31. The van der Waals surface area contributed by atoms with Crippen molar-refractivity contribution >= 4 is 22.1 Å². The number of anilines is 1. The van der Waals surface area contributed by atoms with Crippen molar-refractivity contribution in [3.8, 4) is 0 Å². The second kappa shape index (κ2) is 7.77. The highest BCUT2D eigenvalue weighted by Gasteiger charge is 2.37. The van der Waals surface area contributed by atoms with Gasteiger partial charge in [-0.15, -0.1) is 0 Å². The van der Waals surface area contributed by atoms with Crippen LogP contribution < -0.4 is 4.90 Å². The minimum atomic E-state index is -0.829. The number of likely N-dealkylation sites (tertiary alicyclic amines) is 1. The van der Waals surface area contributed by atoms with E-state index >= 15 is 0 Å². The number of likely N-dealkylation sites (N-methyl/N-ethyl adjacent to an activating group) is 1. The number of aliphatic hydroxyl groups is 1. The number of β-amino-alcohol motifs (C(OH)–C–C–N with tert-alkyl or cyclic N) is 1. The van der Waals surface area contributed by atoms with E-state index in [1.54, 1.807) is 18.3 Å². The van der Waals surface area contributed by atoms with Gasteiger partial charge in [-0.3, -0.25) is 20.0 Å². The van der Waals surface area contributed by atoms with Crippen LogP contribution in [0, 0.1) is 10.1 Å². The molecule has 0 radical (unpaired) electrons. The second-order valence-electron chi connectivity index (χ2n) is 7.81. The molecule has 0 bridgehead atoms. The van der Waals surface area contributed by atoms with Gasteiger partial charge in [0, 0.05) is 62.8 Å². The molecule has 4 rings (SSSR count). The molecule has 29 heavy (non-hydrogen) atoms. The molecule has 0 saturated carbocycles. The fourth-order valence-electron chi connectivity index (χ4n) is 4.22. The Bertz CT molecular complexity index is 1030. The summed E-state index contributed by atoms with van der Waals surface area (Å²) < 4.78 is 0. The number of pyridine rings is 1. The standard InChI is InChI=1S/C22H24N4O3/c1-24(20-7-8-21(26(28)29)19-13-23-11-9-18(19)20)15-22(27)10-12-25(16-22)14-17-5-3-2-4-6-17/h2-9,11,13,27H,10,12,14-16H2,1H3. The van der Waals surface area contributed by atoms with Crippen LogP contribution >= 0.6 is 0 Å². The molecule has 2 aromatic carbocycles. The SMILES string of the molecule is CN(CC1(O)CCN(Cc2ccccc2)C1)c1ccc([N+](=O)[O-])c2cnccc12. The van der Waals surface area contributed by atoms with Crippen molar-refractivity contribution in [2.45, 2.75) is 18.6 Å². The van der Waals surface area contributed by atoms with E-state index in [0.29, 0.717) is 24.9 Å². The van der Waals surface area contributed by atoms with Crippen molar-refractivity contribution in [1.82, 2.24) is 9.88 Å². The molecule has 1 aliphatic rings. The number of hydrogen-bond acceptors (Lipinski definition) is 6. The van der Waals surface area contributed by atoms with E-state index < -0.39 is 5.60 Å². The molecule has 150 valence electrons. The maximum Gasteiger partial charge on any atom is 0.278 e. The number of non-ortho nitro benzene ring substituents is 1. The molecule has 1 atom stereocenters. The van der Waals surface area contributed by atoms with Crippen molar-refractivity contribution in [3.63, 3.8) is 0 Å². The molecule has 3 aromatic rings. The number of rotatable bonds is 6. The molecule has 1 saturated heterocycles. The Labute approximate surface area is 169 Å². The lowest BCUT2D eigenvalue weighted by Crippen LogP contribution is -2.43. The van der Waals surface area contributed by atoms with Gasteiger partial charge in [-0.25, -0.2) is 0 Å². The Balaban J connectivity index is 1.52. The summed E-state index contributed by atoms with van der Waals surface area (Å²) in [6.07, 6.45) is 3.85. The highest BCUT2D eigenvalue weighted by molar-refractivity contribution is 5.99. The largest absolute Gasteiger partial charge is 0.387 e. The molecule has 1 fully saturated rings. The Hall–Kier alpha value is -3.03. The van der Waals surface area contributed by atoms with E-state index in [-0.39, 0.29) is 10.6 Å². The van der Waals surface area contributed by atoms with E-state index in [9.17, 15) is 15.2 Å². The van der Waals surface area contributed by atoms with Crippen LogP contribution in [0.2, 0.25) is 0 Å². The number of hydrogen-bond donors (Lipinski definition) is 1. The third kappa shape index (κ3) is 4.06. The Morgan fingerprint density at radius 1 is 1.21 bits per heavy atom. The molecule has 1 aromatic heterocycles. The number of nitro benzene ring substituents is 1. The maximum atomic E-state index is 11.3. The number of nitrogens with zero attached hydrogens (tertiary/aromatic N) is 4. The first-order chi connectivity index (χ1) is 14.0. The zero-order valence-electron chi connectivity index (χ0n) is 16.4. The minimum Gasteiger partial charge on any atom is -0.387 e. The Morgan fingerprint density at radius 3 is 2.76 bits per heavy atom. The number of benzene rings is 2. The third-order valence-corrected chi connectivity index (χ3v) is 5.57. The second-order valence-corrected chi connectivity index (χ2v) is 7.81. The molecule has 1 N–H and O–H groups in total. The van der Waals surface area contributed by atoms with Crippen molar-refractivity contribution in [3.05, 3.63) is 76.6 Å². The van der Waals surface area contributed by atoms with Crippen LogP contribution in [0.15, 0.2) is 60.9 Å². The van der Waals surface area contributed by atoms with Gasteiger partial charge in [0.05, 0.1) is 15.9 Å². The van der Waals surface area contributed by atoms with Crippen LogP contribution in [0.25, 0.3) is 10.8 Å². The maximum absolute atomic E-state index is 11.3. The normalized spacial score (nSPS) is 19.5. The number of fused-ring (bicyclic) bond motifs is 1. The van der Waals surface area contributed by atoms with Crippen molar-refractivity contribution < 1.29 is 10.0 Å². The highest BCUT2D eigenvalue weighted by Crippen LogP contribution is 2.34. The molecule has 0 aliphatic carbocycles. The van der Waals surface area contributed by atoms with E-state index in [1.165, 1.54) is 17.8 Å². The minimum absolute atomic E-state index is 0.0406. The molecule has 7 nitrogen and oxygen atoms in total. The van der Waals surface area contributed by atoms with E-state index in [4.69, 9.17) is 0 Å². The van der Waals surface area contributed by atoms with Gasteiger partial charge >= 0.3 is 0 Å². The quantitative estimate of drug-likeness (QED) is 0.512. The van der Waals surface area contributed by atoms with Crippen LogP contribution in [0.3, 0.4) is 0 Å². The average Bonchev–Trinajstić information content (AvgIpc) is 3.07. The number of aromatic nitrogens is 1. The first-order valence-corrected chi connectivity index (χ1v) is 9.66. The molecule has 0 amide bonds. The first kappa shape index (κ1) is 19.3. The predicted octanol–water partition coefficient (Wildman–Crippen LogP) is 3.22. The van der Waals surface area contributed by atoms with Gasteiger partial charge in [0.25, 0.3) is 5.69 Å². The molecule has 7 heteroatoms. The van der Waals surface area contributed by atoms with Crippen LogP contribution in [0.4, 0.5) is 11.4 Å². The van der Waals surface area contributed by atoms with Crippen LogP contribution in [-0.4, -0.2) is 52.2 Å². The van der Waals surface area contributed by atoms with E-state index in [1.807, 2.05) is 30.1 Å². The first-order valence-electron chi connectivity index (χ1n) is 9.66. The number of nitro groups is 1. The summed E-state index contributed by atoms with van der Waals surface area (Å²) in [6, 6.07) is 15.3. The molecular formula is C22H24N4O3. The lowest BCUT2D eigenvalue weighted by molar-refractivity contribution is -0.383. The molecule has 0 spiro atoms. The topological polar surface area (TPSA) is 82.7 Å². The van der Waals surface area contributed by atoms with Gasteiger partial charge in [-0.2, -0.15) is 0 Å². The van der Waals surface area contributed by atoms with Crippen molar-refractivity contribution in [1.29, 1.82) is 0 Å². The van der Waals surface area contributed by atoms with Gasteiger partial charge in [-0.1, -0.05) is 30.3 Å². The van der Waals surface area contributed by atoms with Crippen molar-refractivity contribution in [2.75, 3.05) is 31.6 Å². The summed E-state index contributed by atoms with van der Waals surface area (Å²) in [5.74, 6) is 0. The van der Waals surface area contributed by atoms with Gasteiger partial charge < -0.3 is 10.0 Å². The van der Waals surface area contributed by atoms with Gasteiger partial charge in [0.2, 0.25) is 0 Å².